The van der Waals surface area contributed by atoms with Gasteiger partial charge in [0, 0.05) is 0 Å². The Morgan fingerprint density at radius 3 is 2.64 bits per heavy atom. The van der Waals surface area contributed by atoms with Gasteiger partial charge in [-0.25, -0.2) is 0 Å². The zero-order chi connectivity index (χ0) is 8.43. The van der Waals surface area contributed by atoms with E-state index in [2.05, 4.69) is 13.8 Å². The van der Waals surface area contributed by atoms with E-state index in [0.717, 1.165) is 12.8 Å². The highest BCUT2D eigenvalue weighted by molar-refractivity contribution is 5.73. The van der Waals surface area contributed by atoms with Crippen molar-refractivity contribution in [3.8, 4) is 0 Å². The monoisotopic (exact) mass is 156 g/mol. The molecule has 0 radical (unpaired) electrons. The van der Waals surface area contributed by atoms with Crippen LogP contribution in [0.5, 0.6) is 0 Å². The van der Waals surface area contributed by atoms with Gasteiger partial charge in [-0.05, 0) is 18.8 Å². The molecule has 0 aromatic rings. The number of carbonyl (C=O) groups is 1. The highest BCUT2D eigenvalue weighted by Gasteiger charge is 2.31. The van der Waals surface area contributed by atoms with Crippen molar-refractivity contribution in [2.75, 3.05) is 0 Å². The average molecular weight is 156 g/mol. The van der Waals surface area contributed by atoms with Gasteiger partial charge in [-0.3, -0.25) is 4.79 Å². The molecule has 2 heteroatoms. The molecular formula is C9H16O2. The minimum absolute atomic E-state index is 0.0180. The molecular weight excluding hydrogens is 140 g/mol. The molecule has 2 nitrogen and oxygen atoms in total. The summed E-state index contributed by atoms with van der Waals surface area (Å²) < 4.78 is 5.18. The maximum absolute atomic E-state index is 11.2. The number of hydrogen-bond donors (Lipinski definition) is 0. The lowest BCUT2D eigenvalue weighted by molar-refractivity contribution is -0.163. The van der Waals surface area contributed by atoms with Crippen LogP contribution < -0.4 is 0 Å². The molecule has 0 aromatic carbocycles. The summed E-state index contributed by atoms with van der Waals surface area (Å²) in [7, 11) is 0. The van der Waals surface area contributed by atoms with Crippen molar-refractivity contribution in [2.45, 2.75) is 39.7 Å². The van der Waals surface area contributed by atoms with Crippen molar-refractivity contribution in [1.82, 2.24) is 0 Å². The molecule has 1 saturated heterocycles. The minimum Gasteiger partial charge on any atom is -0.462 e. The van der Waals surface area contributed by atoms with Crippen LogP contribution >= 0.6 is 0 Å². The lowest BCUT2D eigenvalue weighted by Gasteiger charge is -2.30. The zero-order valence-electron chi connectivity index (χ0n) is 7.46. The van der Waals surface area contributed by atoms with Crippen molar-refractivity contribution in [2.24, 2.45) is 11.8 Å². The smallest absolute Gasteiger partial charge is 0.309 e. The third kappa shape index (κ3) is 1.73. The summed E-state index contributed by atoms with van der Waals surface area (Å²) in [5.74, 6) is 0.564. The second kappa shape index (κ2) is 3.24. The van der Waals surface area contributed by atoms with Gasteiger partial charge in [-0.15, -0.1) is 0 Å². The van der Waals surface area contributed by atoms with Crippen LogP contribution in [0.4, 0.5) is 0 Å². The SMILES string of the molecule is CCC1CC(C)C(C)C(=O)O1. The summed E-state index contributed by atoms with van der Waals surface area (Å²) in [6, 6.07) is 0. The van der Waals surface area contributed by atoms with Crippen molar-refractivity contribution < 1.29 is 9.53 Å². The molecule has 0 amide bonds. The van der Waals surface area contributed by atoms with Crippen molar-refractivity contribution >= 4 is 5.97 Å². The lowest BCUT2D eigenvalue weighted by atomic mass is 9.87. The van der Waals surface area contributed by atoms with Gasteiger partial charge in [0.1, 0.15) is 6.10 Å². The second-order valence-electron chi connectivity index (χ2n) is 3.47. The maximum atomic E-state index is 11.2. The van der Waals surface area contributed by atoms with E-state index < -0.39 is 0 Å². The number of hydrogen-bond acceptors (Lipinski definition) is 2. The second-order valence-corrected chi connectivity index (χ2v) is 3.47. The molecule has 1 fully saturated rings. The van der Waals surface area contributed by atoms with Gasteiger partial charge in [0.2, 0.25) is 0 Å². The molecule has 1 aliphatic heterocycles. The summed E-state index contributed by atoms with van der Waals surface area (Å²) in [6.45, 7) is 6.12. The van der Waals surface area contributed by atoms with Crippen LogP contribution in [0, 0.1) is 11.8 Å². The van der Waals surface area contributed by atoms with E-state index in [1.165, 1.54) is 0 Å². The first kappa shape index (κ1) is 8.57. The molecule has 0 bridgehead atoms. The molecule has 1 rings (SSSR count). The van der Waals surface area contributed by atoms with Gasteiger partial charge in [-0.2, -0.15) is 0 Å². The van der Waals surface area contributed by atoms with E-state index >= 15 is 0 Å². The van der Waals surface area contributed by atoms with E-state index in [4.69, 9.17) is 4.74 Å². The molecule has 3 atom stereocenters. The van der Waals surface area contributed by atoms with E-state index in [9.17, 15) is 4.79 Å². The van der Waals surface area contributed by atoms with E-state index in [0.29, 0.717) is 5.92 Å². The number of ether oxygens (including phenoxy) is 1. The van der Waals surface area contributed by atoms with E-state index in [1.807, 2.05) is 6.92 Å². The van der Waals surface area contributed by atoms with E-state index in [1.54, 1.807) is 0 Å². The Bertz CT molecular complexity index is 154. The first-order valence-electron chi connectivity index (χ1n) is 4.35. The number of rotatable bonds is 1. The summed E-state index contributed by atoms with van der Waals surface area (Å²) in [4.78, 5) is 11.2. The van der Waals surface area contributed by atoms with Crippen LogP contribution in [0.25, 0.3) is 0 Å². The highest BCUT2D eigenvalue weighted by atomic mass is 16.5. The number of esters is 1. The Kier molecular flexibility index (Phi) is 2.53. The van der Waals surface area contributed by atoms with Crippen molar-refractivity contribution in [3.05, 3.63) is 0 Å². The predicted molar refractivity (Wildman–Crippen MR) is 43.1 cm³/mol. The Balaban J connectivity index is 2.54. The number of carbonyl (C=O) groups excluding carboxylic acids is 1. The summed E-state index contributed by atoms with van der Waals surface area (Å²) >= 11 is 0. The average Bonchev–Trinajstić information content (AvgIpc) is 1.99. The van der Waals surface area contributed by atoms with Crippen LogP contribution in [-0.4, -0.2) is 12.1 Å². The molecule has 1 heterocycles. The minimum atomic E-state index is -0.0180. The van der Waals surface area contributed by atoms with Crippen LogP contribution in [0.1, 0.15) is 33.6 Å². The standard InChI is InChI=1S/C9H16O2/c1-4-8-5-6(2)7(3)9(10)11-8/h6-8H,4-5H2,1-3H3. The topological polar surface area (TPSA) is 26.3 Å². The van der Waals surface area contributed by atoms with Crippen LogP contribution in [0.3, 0.4) is 0 Å². The molecule has 0 aliphatic carbocycles. The van der Waals surface area contributed by atoms with Gasteiger partial charge in [-0.1, -0.05) is 20.8 Å². The highest BCUT2D eigenvalue weighted by Crippen LogP contribution is 2.27. The Labute approximate surface area is 67.9 Å². The molecule has 0 N–H and O–H groups in total. The first-order chi connectivity index (χ1) is 5.15. The molecule has 1 aliphatic rings. The molecule has 3 unspecified atom stereocenters. The summed E-state index contributed by atoms with van der Waals surface area (Å²) in [6.07, 6.45) is 2.15. The van der Waals surface area contributed by atoms with Gasteiger partial charge in [0.25, 0.3) is 0 Å². The van der Waals surface area contributed by atoms with Crippen LogP contribution in [0.15, 0.2) is 0 Å². The molecule has 11 heavy (non-hydrogen) atoms. The van der Waals surface area contributed by atoms with Crippen molar-refractivity contribution in [3.63, 3.8) is 0 Å². The largest absolute Gasteiger partial charge is 0.462 e. The summed E-state index contributed by atoms with van der Waals surface area (Å²) in [5, 5.41) is 0. The van der Waals surface area contributed by atoms with E-state index in [-0.39, 0.29) is 18.0 Å². The number of cyclic esters (lactones) is 1. The Hall–Kier alpha value is -0.530. The third-order valence-electron chi connectivity index (χ3n) is 2.60. The predicted octanol–water partition coefficient (Wildman–Crippen LogP) is 1.98. The van der Waals surface area contributed by atoms with Crippen LogP contribution in [-0.2, 0) is 9.53 Å². The zero-order valence-corrected chi connectivity index (χ0v) is 7.46. The van der Waals surface area contributed by atoms with Gasteiger partial charge in [0.05, 0.1) is 5.92 Å². The van der Waals surface area contributed by atoms with Crippen molar-refractivity contribution in [1.29, 1.82) is 0 Å². The van der Waals surface area contributed by atoms with Crippen LogP contribution in [0.2, 0.25) is 0 Å². The quantitative estimate of drug-likeness (QED) is 0.543. The van der Waals surface area contributed by atoms with Gasteiger partial charge in [0.15, 0.2) is 0 Å². The fourth-order valence-corrected chi connectivity index (χ4v) is 1.42. The summed E-state index contributed by atoms with van der Waals surface area (Å²) in [5.41, 5.74) is 0. The first-order valence-corrected chi connectivity index (χ1v) is 4.35. The molecule has 0 aromatic heterocycles. The fourth-order valence-electron chi connectivity index (χ4n) is 1.42. The Morgan fingerprint density at radius 1 is 1.55 bits per heavy atom. The molecule has 0 spiro atoms. The Morgan fingerprint density at radius 2 is 2.18 bits per heavy atom. The maximum Gasteiger partial charge on any atom is 0.309 e. The molecule has 0 saturated carbocycles. The normalized spacial score (nSPS) is 38.5. The molecule has 64 valence electrons. The lowest BCUT2D eigenvalue weighted by Crippen LogP contribution is -2.34. The van der Waals surface area contributed by atoms with Gasteiger partial charge >= 0.3 is 5.97 Å². The van der Waals surface area contributed by atoms with Gasteiger partial charge < -0.3 is 4.74 Å². The fraction of sp³-hybridized carbons (Fsp3) is 0.889. The third-order valence-corrected chi connectivity index (χ3v) is 2.60.